The van der Waals surface area contributed by atoms with Gasteiger partial charge in [-0.15, -0.1) is 11.3 Å². The maximum atomic E-state index is 13.3. The number of benzene rings is 1. The van der Waals surface area contributed by atoms with Gasteiger partial charge in [0.1, 0.15) is 11.4 Å². The lowest BCUT2D eigenvalue weighted by atomic mass is 10.2. The van der Waals surface area contributed by atoms with Crippen LogP contribution in [-0.2, 0) is 20.9 Å². The second kappa shape index (κ2) is 9.34. The van der Waals surface area contributed by atoms with Gasteiger partial charge >= 0.3 is 5.97 Å². The molecule has 164 valence electrons. The molecule has 2 heterocycles. The number of likely N-dealkylation sites (N-methyl/N-ethyl adjacent to an activating group) is 1. The number of thiophene rings is 1. The Labute approximate surface area is 185 Å². The molecule has 7 nitrogen and oxygen atoms in total. The van der Waals surface area contributed by atoms with Crippen molar-refractivity contribution in [2.24, 2.45) is 0 Å². The van der Waals surface area contributed by atoms with Crippen molar-refractivity contribution in [1.29, 1.82) is 0 Å². The zero-order chi connectivity index (χ0) is 22.7. The Morgan fingerprint density at radius 1 is 1.13 bits per heavy atom. The summed E-state index contributed by atoms with van der Waals surface area (Å²) in [5.41, 5.74) is 2.35. The minimum absolute atomic E-state index is 0.0492. The summed E-state index contributed by atoms with van der Waals surface area (Å²) in [6, 6.07) is 9.41. The van der Waals surface area contributed by atoms with Crippen LogP contribution in [0.5, 0.6) is 0 Å². The van der Waals surface area contributed by atoms with Crippen molar-refractivity contribution < 1.29 is 19.1 Å². The first-order valence-corrected chi connectivity index (χ1v) is 11.0. The van der Waals surface area contributed by atoms with Crippen molar-refractivity contribution >= 4 is 50.7 Å². The Hall–Kier alpha value is -3.13. The molecule has 1 N–H and O–H groups in total. The largest absolute Gasteiger partial charge is 0.461 e. The molecule has 0 saturated heterocycles. The van der Waals surface area contributed by atoms with Crippen molar-refractivity contribution in [3.8, 4) is 0 Å². The molecule has 0 fully saturated rings. The molecule has 0 saturated carbocycles. The summed E-state index contributed by atoms with van der Waals surface area (Å²) in [5.74, 6) is -1.02. The number of anilines is 2. The number of ether oxygens (including phenoxy) is 1. The molecule has 0 aliphatic rings. The number of hydrogen-bond acceptors (Lipinski definition) is 5. The molecule has 0 atom stereocenters. The van der Waals surface area contributed by atoms with Gasteiger partial charge in [-0.2, -0.15) is 0 Å². The number of carbonyl (C=O) groups excluding carboxylic acids is 3. The summed E-state index contributed by atoms with van der Waals surface area (Å²) in [6.45, 7) is 9.58. The summed E-state index contributed by atoms with van der Waals surface area (Å²) < 4.78 is 6.96. The van der Waals surface area contributed by atoms with Crippen molar-refractivity contribution in [2.75, 3.05) is 23.4 Å². The fraction of sp³-hybridized carbons (Fsp3) is 0.348. The summed E-state index contributed by atoms with van der Waals surface area (Å²) in [7, 11) is 0. The number of hydrogen-bond donors (Lipinski definition) is 1. The van der Waals surface area contributed by atoms with Crippen molar-refractivity contribution in [2.45, 2.75) is 41.2 Å². The first kappa shape index (κ1) is 22.6. The Morgan fingerprint density at radius 3 is 2.39 bits per heavy atom. The third kappa shape index (κ3) is 4.34. The molecule has 0 aliphatic carbocycles. The third-order valence-electron chi connectivity index (χ3n) is 5.12. The number of nitrogens with zero attached hydrogens (tertiary/aromatic N) is 2. The van der Waals surface area contributed by atoms with Crippen LogP contribution >= 0.6 is 11.3 Å². The van der Waals surface area contributed by atoms with Crippen LogP contribution in [0.25, 0.3) is 10.2 Å². The summed E-state index contributed by atoms with van der Waals surface area (Å²) in [5, 5.41) is 3.57. The second-order valence-corrected chi connectivity index (χ2v) is 8.35. The Bertz CT molecular complexity index is 1130. The van der Waals surface area contributed by atoms with Gasteiger partial charge in [-0.3, -0.25) is 9.59 Å². The van der Waals surface area contributed by atoms with E-state index in [1.165, 1.54) is 18.3 Å². The number of amides is 2. The van der Waals surface area contributed by atoms with Crippen molar-refractivity contribution in [1.82, 2.24) is 4.57 Å². The second-order valence-electron chi connectivity index (χ2n) is 7.15. The van der Waals surface area contributed by atoms with Gasteiger partial charge in [0.2, 0.25) is 11.8 Å². The van der Waals surface area contributed by atoms with E-state index in [2.05, 4.69) is 5.32 Å². The predicted octanol–water partition coefficient (Wildman–Crippen LogP) is 4.51. The summed E-state index contributed by atoms with van der Waals surface area (Å²) >= 11 is 1.49. The number of aromatic nitrogens is 1. The maximum Gasteiger partial charge on any atom is 0.357 e. The predicted molar refractivity (Wildman–Crippen MR) is 124 cm³/mol. The lowest BCUT2D eigenvalue weighted by Crippen LogP contribution is -2.34. The normalized spacial score (nSPS) is 10.9. The Balaban J connectivity index is 2.16. The maximum absolute atomic E-state index is 13.3. The van der Waals surface area contributed by atoms with Gasteiger partial charge in [0.05, 0.1) is 12.3 Å². The highest BCUT2D eigenvalue weighted by Crippen LogP contribution is 2.40. The first-order chi connectivity index (χ1) is 14.8. The Kier molecular flexibility index (Phi) is 6.80. The van der Waals surface area contributed by atoms with Crippen LogP contribution in [0.1, 0.15) is 41.7 Å². The summed E-state index contributed by atoms with van der Waals surface area (Å²) in [4.78, 5) is 41.7. The van der Waals surface area contributed by atoms with E-state index in [0.29, 0.717) is 12.2 Å². The van der Waals surface area contributed by atoms with E-state index in [1.807, 2.05) is 51.1 Å². The van der Waals surface area contributed by atoms with Crippen LogP contribution in [-0.4, -0.2) is 35.5 Å². The highest BCUT2D eigenvalue weighted by Gasteiger charge is 2.29. The van der Waals surface area contributed by atoms with E-state index in [4.69, 9.17) is 4.74 Å². The summed E-state index contributed by atoms with van der Waals surface area (Å²) in [6.07, 6.45) is 0. The fourth-order valence-electron chi connectivity index (χ4n) is 3.64. The third-order valence-corrected chi connectivity index (χ3v) is 6.35. The fourth-order valence-corrected chi connectivity index (χ4v) is 4.81. The number of rotatable bonds is 7. The molecular weight excluding hydrogens is 414 g/mol. The van der Waals surface area contributed by atoms with Crippen LogP contribution in [0.15, 0.2) is 30.3 Å². The standard InChI is InChI=1S/C23H27N3O4S/c1-6-25(17-11-9-8-10-12-17)18(28)13-26-21(23(29)30-7-2)20(24-16(5)27)19-14(3)15(4)31-22(19)26/h8-12H,6-7,13H2,1-5H3,(H,24,27). The van der Waals surface area contributed by atoms with Crippen LogP contribution < -0.4 is 10.2 Å². The smallest absolute Gasteiger partial charge is 0.357 e. The zero-order valence-corrected chi connectivity index (χ0v) is 19.3. The number of esters is 1. The molecule has 8 heteroatoms. The minimum atomic E-state index is -0.567. The van der Waals surface area contributed by atoms with E-state index in [-0.39, 0.29) is 30.7 Å². The zero-order valence-electron chi connectivity index (χ0n) is 18.4. The van der Waals surface area contributed by atoms with E-state index >= 15 is 0 Å². The number of aryl methyl sites for hydroxylation is 2. The van der Waals surface area contributed by atoms with Crippen LogP contribution in [0.2, 0.25) is 0 Å². The Morgan fingerprint density at radius 2 is 1.81 bits per heavy atom. The van der Waals surface area contributed by atoms with E-state index < -0.39 is 5.97 Å². The monoisotopic (exact) mass is 441 g/mol. The van der Waals surface area contributed by atoms with Gasteiger partial charge in [0, 0.05) is 29.4 Å². The molecule has 3 rings (SSSR count). The molecule has 0 bridgehead atoms. The minimum Gasteiger partial charge on any atom is -0.461 e. The van der Waals surface area contributed by atoms with Gasteiger partial charge in [-0.05, 0) is 45.4 Å². The molecule has 0 aliphatic heterocycles. The van der Waals surface area contributed by atoms with Gasteiger partial charge in [0.15, 0.2) is 5.69 Å². The molecule has 3 aromatic rings. The quantitative estimate of drug-likeness (QED) is 0.547. The molecule has 2 amide bonds. The van der Waals surface area contributed by atoms with Gasteiger partial charge in [-0.1, -0.05) is 18.2 Å². The molecule has 31 heavy (non-hydrogen) atoms. The van der Waals surface area contributed by atoms with Gasteiger partial charge < -0.3 is 19.5 Å². The topological polar surface area (TPSA) is 80.6 Å². The molecule has 2 aromatic heterocycles. The van der Waals surface area contributed by atoms with Crippen LogP contribution in [0.3, 0.4) is 0 Å². The molecule has 0 spiro atoms. The highest BCUT2D eigenvalue weighted by atomic mass is 32.1. The van der Waals surface area contributed by atoms with E-state index in [1.54, 1.807) is 16.4 Å². The van der Waals surface area contributed by atoms with Crippen LogP contribution in [0.4, 0.5) is 11.4 Å². The molecule has 0 radical (unpaired) electrons. The van der Waals surface area contributed by atoms with Crippen LogP contribution in [0, 0.1) is 13.8 Å². The van der Waals surface area contributed by atoms with E-state index in [0.717, 1.165) is 26.3 Å². The van der Waals surface area contributed by atoms with Gasteiger partial charge in [-0.25, -0.2) is 4.79 Å². The first-order valence-electron chi connectivity index (χ1n) is 10.2. The molecular formula is C23H27N3O4S. The number of carbonyl (C=O) groups is 3. The molecule has 0 unspecified atom stereocenters. The SMILES string of the molecule is CCOC(=O)c1c(NC(C)=O)c2c(C)c(C)sc2n1CC(=O)N(CC)c1ccccc1. The van der Waals surface area contributed by atoms with Crippen molar-refractivity contribution in [3.05, 3.63) is 46.5 Å². The number of nitrogens with one attached hydrogen (secondary N) is 1. The van der Waals surface area contributed by atoms with E-state index in [9.17, 15) is 14.4 Å². The number of para-hydroxylation sites is 1. The average Bonchev–Trinajstić information content (AvgIpc) is 3.17. The molecule has 1 aromatic carbocycles. The lowest BCUT2D eigenvalue weighted by molar-refractivity contribution is -0.119. The van der Waals surface area contributed by atoms with Crippen molar-refractivity contribution in [3.63, 3.8) is 0 Å². The van der Waals surface area contributed by atoms with Gasteiger partial charge in [0.25, 0.3) is 0 Å². The number of fused-ring (bicyclic) bond motifs is 1. The highest BCUT2D eigenvalue weighted by molar-refractivity contribution is 7.19. The lowest BCUT2D eigenvalue weighted by Gasteiger charge is -2.22. The average molecular weight is 442 g/mol.